The molecule has 0 aromatic heterocycles. The van der Waals surface area contributed by atoms with Gasteiger partial charge in [-0.1, -0.05) is 31.4 Å². The van der Waals surface area contributed by atoms with Crippen LogP contribution in [0.15, 0.2) is 18.2 Å². The number of hydrogen-bond donors (Lipinski definition) is 4. The summed E-state index contributed by atoms with van der Waals surface area (Å²) in [4.78, 5) is 35.4. The molecular weight excluding hydrogens is 365 g/mol. The summed E-state index contributed by atoms with van der Waals surface area (Å²) in [5.74, 6) is -2.09. The van der Waals surface area contributed by atoms with Crippen LogP contribution in [0.25, 0.3) is 0 Å². The molecular formula is C20H28FN3O4. The van der Waals surface area contributed by atoms with Crippen LogP contribution in [0.1, 0.15) is 62.1 Å². The number of amides is 3. The van der Waals surface area contributed by atoms with Crippen LogP contribution in [0, 0.1) is 12.7 Å². The number of nitrogens with one attached hydrogen (secondary N) is 3. The Morgan fingerprint density at radius 3 is 2.57 bits per heavy atom. The number of benzene rings is 1. The van der Waals surface area contributed by atoms with Gasteiger partial charge >= 0.3 is 12.0 Å². The lowest BCUT2D eigenvalue weighted by Crippen LogP contribution is -2.43. The largest absolute Gasteiger partial charge is 0.479 e. The number of rotatable bonds is 8. The summed E-state index contributed by atoms with van der Waals surface area (Å²) in [5.41, 5.74) is 0.621. The second-order valence-electron chi connectivity index (χ2n) is 7.19. The second-order valence-corrected chi connectivity index (χ2v) is 7.19. The van der Waals surface area contributed by atoms with Crippen LogP contribution in [0.4, 0.5) is 9.18 Å². The van der Waals surface area contributed by atoms with Gasteiger partial charge in [-0.2, -0.15) is 0 Å². The maximum atomic E-state index is 13.4. The van der Waals surface area contributed by atoms with Crippen molar-refractivity contribution in [2.45, 2.75) is 64.0 Å². The van der Waals surface area contributed by atoms with E-state index in [9.17, 15) is 23.9 Å². The van der Waals surface area contributed by atoms with Crippen LogP contribution < -0.4 is 16.0 Å². The molecule has 0 heterocycles. The van der Waals surface area contributed by atoms with Crippen molar-refractivity contribution in [2.75, 3.05) is 6.54 Å². The van der Waals surface area contributed by atoms with E-state index >= 15 is 0 Å². The second kappa shape index (κ2) is 10.6. The first kappa shape index (κ1) is 21.7. The first-order chi connectivity index (χ1) is 13.4. The van der Waals surface area contributed by atoms with Gasteiger partial charge in [0, 0.05) is 19.0 Å². The monoisotopic (exact) mass is 393 g/mol. The highest BCUT2D eigenvalue weighted by molar-refractivity contribution is 5.84. The smallest absolute Gasteiger partial charge is 0.330 e. The number of carbonyl (C=O) groups excluding carboxylic acids is 2. The average Bonchev–Trinajstić information content (AvgIpc) is 2.66. The molecule has 154 valence electrons. The quantitative estimate of drug-likeness (QED) is 0.509. The van der Waals surface area contributed by atoms with Crippen molar-refractivity contribution in [1.82, 2.24) is 16.0 Å². The minimum Gasteiger partial charge on any atom is -0.479 e. The molecule has 1 atom stereocenters. The third-order valence-electron chi connectivity index (χ3n) is 4.87. The topological polar surface area (TPSA) is 108 Å². The van der Waals surface area contributed by atoms with Crippen LogP contribution in [0.3, 0.4) is 0 Å². The fourth-order valence-electron chi connectivity index (χ4n) is 3.30. The Hall–Kier alpha value is -2.64. The minimum atomic E-state index is -1.24. The molecule has 8 heteroatoms. The van der Waals surface area contributed by atoms with Gasteiger partial charge in [-0.3, -0.25) is 4.79 Å². The highest BCUT2D eigenvalue weighted by Crippen LogP contribution is 2.18. The van der Waals surface area contributed by atoms with Crippen LogP contribution in [-0.2, 0) is 9.59 Å². The zero-order chi connectivity index (χ0) is 20.5. The predicted molar refractivity (Wildman–Crippen MR) is 102 cm³/mol. The van der Waals surface area contributed by atoms with Gasteiger partial charge in [-0.15, -0.1) is 0 Å². The summed E-state index contributed by atoms with van der Waals surface area (Å²) in [7, 11) is 0. The molecule has 1 saturated carbocycles. The lowest BCUT2D eigenvalue weighted by Gasteiger charge is -2.22. The van der Waals surface area contributed by atoms with Gasteiger partial charge < -0.3 is 21.1 Å². The maximum absolute atomic E-state index is 13.4. The Kier molecular flexibility index (Phi) is 8.22. The van der Waals surface area contributed by atoms with E-state index in [0.29, 0.717) is 24.1 Å². The van der Waals surface area contributed by atoms with Crippen molar-refractivity contribution >= 4 is 17.9 Å². The first-order valence-corrected chi connectivity index (χ1v) is 9.69. The molecule has 4 N–H and O–H groups in total. The molecule has 1 fully saturated rings. The maximum Gasteiger partial charge on any atom is 0.330 e. The summed E-state index contributed by atoms with van der Waals surface area (Å²) in [6.45, 7) is 1.85. The fourth-order valence-corrected chi connectivity index (χ4v) is 3.30. The molecule has 1 unspecified atom stereocenters. The van der Waals surface area contributed by atoms with Crippen molar-refractivity contribution in [3.05, 3.63) is 35.1 Å². The van der Waals surface area contributed by atoms with Crippen LogP contribution in [0.5, 0.6) is 0 Å². The predicted octanol–water partition coefficient (Wildman–Crippen LogP) is 2.79. The van der Waals surface area contributed by atoms with Crippen molar-refractivity contribution in [3.63, 3.8) is 0 Å². The van der Waals surface area contributed by atoms with Gasteiger partial charge in [-0.25, -0.2) is 14.0 Å². The molecule has 0 spiro atoms. The lowest BCUT2D eigenvalue weighted by atomic mass is 9.96. The number of carboxylic acids is 1. The number of hydrogen-bond acceptors (Lipinski definition) is 3. The van der Waals surface area contributed by atoms with E-state index in [4.69, 9.17) is 0 Å². The first-order valence-electron chi connectivity index (χ1n) is 9.69. The van der Waals surface area contributed by atoms with Gasteiger partial charge in [0.25, 0.3) is 0 Å². The number of aliphatic carboxylic acids is 1. The van der Waals surface area contributed by atoms with Gasteiger partial charge in [-0.05, 0) is 43.4 Å². The van der Waals surface area contributed by atoms with E-state index in [0.717, 1.165) is 25.7 Å². The van der Waals surface area contributed by atoms with Crippen molar-refractivity contribution in [3.8, 4) is 0 Å². The number of carboxylic acid groups (broad SMARTS) is 1. The van der Waals surface area contributed by atoms with E-state index < -0.39 is 23.7 Å². The molecule has 2 rings (SSSR count). The summed E-state index contributed by atoms with van der Waals surface area (Å²) < 4.78 is 13.4. The molecule has 0 saturated heterocycles. The molecule has 1 aromatic carbocycles. The molecule has 1 aliphatic carbocycles. The normalized spacial score (nSPS) is 15.5. The molecule has 3 amide bonds. The molecule has 28 heavy (non-hydrogen) atoms. The SMILES string of the molecule is Cc1cc(C(NC(=O)CCCNC(=O)NC2CCCCC2)C(=O)O)ccc1F. The molecule has 1 aromatic rings. The average molecular weight is 393 g/mol. The molecule has 0 aliphatic heterocycles. The number of aryl methyl sites for hydroxylation is 1. The zero-order valence-electron chi connectivity index (χ0n) is 16.1. The van der Waals surface area contributed by atoms with E-state index in [1.807, 2.05) is 0 Å². The van der Waals surface area contributed by atoms with Crippen LogP contribution in [-0.4, -0.2) is 35.6 Å². The van der Waals surface area contributed by atoms with Crippen molar-refractivity contribution in [1.29, 1.82) is 0 Å². The van der Waals surface area contributed by atoms with Gasteiger partial charge in [0.15, 0.2) is 6.04 Å². The minimum absolute atomic E-state index is 0.0770. The molecule has 1 aliphatic rings. The summed E-state index contributed by atoms with van der Waals surface area (Å²) >= 11 is 0. The Balaban J connectivity index is 1.73. The molecule has 0 radical (unpaired) electrons. The van der Waals surface area contributed by atoms with E-state index in [-0.39, 0.29) is 18.5 Å². The van der Waals surface area contributed by atoms with Gasteiger partial charge in [0.2, 0.25) is 5.91 Å². The van der Waals surface area contributed by atoms with Gasteiger partial charge in [0.05, 0.1) is 0 Å². The number of halogens is 1. The Morgan fingerprint density at radius 1 is 1.21 bits per heavy atom. The zero-order valence-corrected chi connectivity index (χ0v) is 16.1. The van der Waals surface area contributed by atoms with Crippen LogP contribution in [0.2, 0.25) is 0 Å². The standard InChI is InChI=1S/C20H28FN3O4/c1-13-12-14(9-10-16(13)21)18(19(26)27)24-17(25)8-5-11-22-20(28)23-15-6-3-2-4-7-15/h9-10,12,15,18H,2-8,11H2,1H3,(H,24,25)(H,26,27)(H2,22,23,28). The summed E-state index contributed by atoms with van der Waals surface area (Å²) in [6.07, 6.45) is 5.92. The third kappa shape index (κ3) is 6.83. The summed E-state index contributed by atoms with van der Waals surface area (Å²) in [6, 6.07) is 2.67. The Bertz CT molecular complexity index is 705. The summed E-state index contributed by atoms with van der Waals surface area (Å²) in [5, 5.41) is 17.5. The Labute approximate surface area is 164 Å². The Morgan fingerprint density at radius 2 is 1.93 bits per heavy atom. The van der Waals surface area contributed by atoms with Crippen LogP contribution >= 0.6 is 0 Å². The highest BCUT2D eigenvalue weighted by atomic mass is 19.1. The van der Waals surface area contributed by atoms with E-state index in [1.54, 1.807) is 0 Å². The number of carbonyl (C=O) groups is 3. The van der Waals surface area contributed by atoms with E-state index in [2.05, 4.69) is 16.0 Å². The molecule has 0 bridgehead atoms. The van der Waals surface area contributed by atoms with E-state index in [1.165, 1.54) is 31.5 Å². The van der Waals surface area contributed by atoms with Crippen molar-refractivity contribution < 1.29 is 23.9 Å². The third-order valence-corrected chi connectivity index (χ3v) is 4.87. The molecule has 7 nitrogen and oxygen atoms in total. The highest BCUT2D eigenvalue weighted by Gasteiger charge is 2.22. The van der Waals surface area contributed by atoms with Gasteiger partial charge in [0.1, 0.15) is 5.82 Å². The fraction of sp³-hybridized carbons (Fsp3) is 0.550. The van der Waals surface area contributed by atoms with Crippen molar-refractivity contribution in [2.24, 2.45) is 0 Å². The number of urea groups is 1. The lowest BCUT2D eigenvalue weighted by molar-refractivity contribution is -0.142.